The third-order valence-corrected chi connectivity index (χ3v) is 3.90. The first-order chi connectivity index (χ1) is 11.6. The molecule has 5 heteroatoms. The number of para-hydroxylation sites is 2. The minimum Gasteiger partial charge on any atom is -0.496 e. The lowest BCUT2D eigenvalue weighted by atomic mass is 10.1. The largest absolute Gasteiger partial charge is 0.496 e. The molecule has 0 unspecified atom stereocenters. The molecule has 0 aliphatic heterocycles. The number of benzene rings is 2. The predicted molar refractivity (Wildman–Crippen MR) is 91.6 cm³/mol. The van der Waals surface area contributed by atoms with Crippen LogP contribution < -0.4 is 14.8 Å². The summed E-state index contributed by atoms with van der Waals surface area (Å²) in [6.45, 7) is 1.90. The molecule has 1 heterocycles. The highest BCUT2D eigenvalue weighted by atomic mass is 16.5. The first-order valence-corrected chi connectivity index (χ1v) is 7.64. The molecule has 1 aromatic heterocycles. The molecular formula is C19H19NO4. The first-order valence-electron chi connectivity index (χ1n) is 7.64. The van der Waals surface area contributed by atoms with Crippen molar-refractivity contribution in [3.05, 3.63) is 59.9 Å². The lowest BCUT2D eigenvalue weighted by Gasteiger charge is -2.16. The van der Waals surface area contributed by atoms with Crippen LogP contribution in [0.1, 0.15) is 29.1 Å². The third-order valence-electron chi connectivity index (χ3n) is 3.90. The molecule has 1 N–H and O–H groups in total. The number of hydrogen-bond donors (Lipinski definition) is 1. The highest BCUT2D eigenvalue weighted by Crippen LogP contribution is 2.29. The van der Waals surface area contributed by atoms with E-state index in [4.69, 9.17) is 13.9 Å². The van der Waals surface area contributed by atoms with Crippen molar-refractivity contribution in [2.24, 2.45) is 0 Å². The lowest BCUT2D eigenvalue weighted by molar-refractivity contribution is 0.0913. The lowest BCUT2D eigenvalue weighted by Crippen LogP contribution is -2.26. The Morgan fingerprint density at radius 3 is 2.50 bits per heavy atom. The van der Waals surface area contributed by atoms with E-state index in [1.807, 2.05) is 43.3 Å². The van der Waals surface area contributed by atoms with Crippen LogP contribution in [0.25, 0.3) is 11.0 Å². The van der Waals surface area contributed by atoms with Crippen LogP contribution in [-0.4, -0.2) is 20.1 Å². The fourth-order valence-corrected chi connectivity index (χ4v) is 2.68. The van der Waals surface area contributed by atoms with Crippen molar-refractivity contribution >= 4 is 16.9 Å². The van der Waals surface area contributed by atoms with Crippen LogP contribution in [0.5, 0.6) is 11.5 Å². The van der Waals surface area contributed by atoms with Gasteiger partial charge in [0.25, 0.3) is 5.91 Å². The summed E-state index contributed by atoms with van der Waals surface area (Å²) in [6.07, 6.45) is 0. The maximum atomic E-state index is 12.5. The molecule has 124 valence electrons. The molecule has 2 aromatic carbocycles. The maximum Gasteiger partial charge on any atom is 0.287 e. The number of hydrogen-bond acceptors (Lipinski definition) is 4. The summed E-state index contributed by atoms with van der Waals surface area (Å²) in [5, 5.41) is 3.76. The van der Waals surface area contributed by atoms with E-state index in [1.165, 1.54) is 0 Å². The quantitative estimate of drug-likeness (QED) is 0.772. The van der Waals surface area contributed by atoms with Crippen molar-refractivity contribution in [1.82, 2.24) is 5.32 Å². The number of methoxy groups -OCH3 is 2. The van der Waals surface area contributed by atoms with Crippen molar-refractivity contribution < 1.29 is 18.7 Å². The smallest absolute Gasteiger partial charge is 0.287 e. The summed E-state index contributed by atoms with van der Waals surface area (Å²) < 4.78 is 16.3. The Morgan fingerprint density at radius 2 is 1.75 bits per heavy atom. The summed E-state index contributed by atoms with van der Waals surface area (Å²) in [4.78, 5) is 12.5. The fraction of sp³-hybridized carbons (Fsp3) is 0.211. The summed E-state index contributed by atoms with van der Waals surface area (Å²) in [5.74, 6) is 1.30. The molecule has 0 saturated carbocycles. The molecule has 0 spiro atoms. The van der Waals surface area contributed by atoms with Crippen LogP contribution in [0.4, 0.5) is 0 Å². The molecule has 0 aliphatic rings. The molecule has 0 aliphatic carbocycles. The Hall–Kier alpha value is -2.95. The van der Waals surface area contributed by atoms with E-state index in [0.717, 1.165) is 16.7 Å². The van der Waals surface area contributed by atoms with Crippen molar-refractivity contribution in [3.63, 3.8) is 0 Å². The Labute approximate surface area is 140 Å². The number of rotatable bonds is 5. The summed E-state index contributed by atoms with van der Waals surface area (Å²) >= 11 is 0. The maximum absolute atomic E-state index is 12.5. The van der Waals surface area contributed by atoms with Crippen LogP contribution in [0.15, 0.2) is 52.9 Å². The van der Waals surface area contributed by atoms with Gasteiger partial charge in [0.05, 0.1) is 20.3 Å². The van der Waals surface area contributed by atoms with Crippen molar-refractivity contribution in [1.29, 1.82) is 0 Å². The van der Waals surface area contributed by atoms with Gasteiger partial charge in [-0.3, -0.25) is 4.79 Å². The van der Waals surface area contributed by atoms with E-state index in [-0.39, 0.29) is 17.7 Å². The van der Waals surface area contributed by atoms with Crippen LogP contribution >= 0.6 is 0 Å². The highest BCUT2D eigenvalue weighted by Gasteiger charge is 2.18. The van der Waals surface area contributed by atoms with Gasteiger partial charge in [0.2, 0.25) is 0 Å². The van der Waals surface area contributed by atoms with Gasteiger partial charge in [0.15, 0.2) is 17.1 Å². The summed E-state index contributed by atoms with van der Waals surface area (Å²) in [7, 11) is 3.18. The van der Waals surface area contributed by atoms with Crippen LogP contribution in [0.2, 0.25) is 0 Å². The van der Waals surface area contributed by atoms with Gasteiger partial charge in [-0.2, -0.15) is 0 Å². The number of furan rings is 1. The van der Waals surface area contributed by atoms with E-state index < -0.39 is 0 Å². The summed E-state index contributed by atoms with van der Waals surface area (Å²) in [5.41, 5.74) is 1.47. The topological polar surface area (TPSA) is 60.7 Å². The minimum absolute atomic E-state index is 0.219. The number of carbonyl (C=O) groups is 1. The van der Waals surface area contributed by atoms with Gasteiger partial charge in [-0.1, -0.05) is 30.3 Å². The standard InChI is InChI=1S/C19H19NO4/c1-12(14-8-4-5-9-15(14)22-2)20-19(21)17-11-13-7-6-10-16(23-3)18(13)24-17/h4-12H,1-3H3,(H,20,21)/t12-/m0/s1. The number of amides is 1. The number of fused-ring (bicyclic) bond motifs is 1. The normalized spacial score (nSPS) is 12.0. The van der Waals surface area contributed by atoms with Crippen molar-refractivity contribution in [2.75, 3.05) is 14.2 Å². The monoisotopic (exact) mass is 325 g/mol. The predicted octanol–water partition coefficient (Wildman–Crippen LogP) is 3.94. The second-order valence-electron chi connectivity index (χ2n) is 5.43. The molecule has 1 atom stereocenters. The Kier molecular flexibility index (Phi) is 4.42. The summed E-state index contributed by atoms with van der Waals surface area (Å²) in [6, 6.07) is 14.6. The molecule has 0 saturated heterocycles. The molecule has 3 aromatic rings. The van der Waals surface area contributed by atoms with Gasteiger partial charge >= 0.3 is 0 Å². The van der Waals surface area contributed by atoms with E-state index in [9.17, 15) is 4.79 Å². The Bertz CT molecular complexity index is 869. The fourth-order valence-electron chi connectivity index (χ4n) is 2.68. The van der Waals surface area contributed by atoms with Gasteiger partial charge in [-0.25, -0.2) is 0 Å². The van der Waals surface area contributed by atoms with Crippen LogP contribution in [0.3, 0.4) is 0 Å². The van der Waals surface area contributed by atoms with Crippen molar-refractivity contribution in [2.45, 2.75) is 13.0 Å². The third kappa shape index (κ3) is 2.93. The van der Waals surface area contributed by atoms with Gasteiger partial charge in [-0.05, 0) is 25.1 Å². The zero-order valence-electron chi connectivity index (χ0n) is 13.8. The average molecular weight is 325 g/mol. The van der Waals surface area contributed by atoms with Gasteiger partial charge in [0.1, 0.15) is 5.75 Å². The van der Waals surface area contributed by atoms with E-state index in [0.29, 0.717) is 11.3 Å². The molecular weight excluding hydrogens is 306 g/mol. The molecule has 24 heavy (non-hydrogen) atoms. The van der Waals surface area contributed by atoms with E-state index in [2.05, 4.69) is 5.32 Å². The molecule has 0 bridgehead atoms. The second kappa shape index (κ2) is 6.66. The first kappa shape index (κ1) is 15.9. The average Bonchev–Trinajstić information content (AvgIpc) is 3.06. The van der Waals surface area contributed by atoms with Crippen molar-refractivity contribution in [3.8, 4) is 11.5 Å². The van der Waals surface area contributed by atoms with Crippen LogP contribution in [0, 0.1) is 0 Å². The highest BCUT2D eigenvalue weighted by molar-refractivity contribution is 5.97. The van der Waals surface area contributed by atoms with Gasteiger partial charge in [0, 0.05) is 10.9 Å². The molecule has 0 fully saturated rings. The SMILES string of the molecule is COc1ccccc1[C@H](C)NC(=O)c1cc2cccc(OC)c2o1. The zero-order valence-corrected chi connectivity index (χ0v) is 13.8. The number of nitrogens with one attached hydrogen (secondary N) is 1. The Morgan fingerprint density at radius 1 is 1.04 bits per heavy atom. The van der Waals surface area contributed by atoms with E-state index >= 15 is 0 Å². The zero-order chi connectivity index (χ0) is 17.1. The molecule has 5 nitrogen and oxygen atoms in total. The minimum atomic E-state index is -0.286. The molecule has 0 radical (unpaired) electrons. The second-order valence-corrected chi connectivity index (χ2v) is 5.43. The van der Waals surface area contributed by atoms with Gasteiger partial charge in [-0.15, -0.1) is 0 Å². The van der Waals surface area contributed by atoms with Gasteiger partial charge < -0.3 is 19.2 Å². The molecule has 3 rings (SSSR count). The van der Waals surface area contributed by atoms with E-state index in [1.54, 1.807) is 26.4 Å². The molecule has 1 amide bonds. The number of ether oxygens (including phenoxy) is 2. The number of carbonyl (C=O) groups excluding carboxylic acids is 1. The van der Waals surface area contributed by atoms with Crippen LogP contribution in [-0.2, 0) is 0 Å². The Balaban J connectivity index is 1.84.